The quantitative estimate of drug-likeness (QED) is 0.874. The zero-order chi connectivity index (χ0) is 12.5. The number of halogens is 1. The molecule has 1 aliphatic rings. The van der Waals surface area contributed by atoms with Gasteiger partial charge in [0.25, 0.3) is 0 Å². The van der Waals surface area contributed by atoms with Crippen LogP contribution in [0.4, 0.5) is 5.69 Å². The van der Waals surface area contributed by atoms with Crippen LogP contribution in [0.25, 0.3) is 0 Å². The predicted octanol–water partition coefficient (Wildman–Crippen LogP) is 3.33. The monoisotopic (exact) mass is 253 g/mol. The van der Waals surface area contributed by atoms with Gasteiger partial charge in [0, 0.05) is 29.4 Å². The number of nitrogens with zero attached hydrogens (tertiary/aromatic N) is 1. The summed E-state index contributed by atoms with van der Waals surface area (Å²) in [6, 6.07) is 8.01. The first-order valence-corrected chi connectivity index (χ1v) is 6.55. The number of aliphatic hydroxyl groups is 1. The molecule has 1 aromatic carbocycles. The second-order valence-electron chi connectivity index (χ2n) is 5.49. The van der Waals surface area contributed by atoms with Gasteiger partial charge >= 0.3 is 0 Å². The molecule has 1 unspecified atom stereocenters. The van der Waals surface area contributed by atoms with Gasteiger partial charge in [0.05, 0.1) is 0 Å². The molecule has 1 saturated heterocycles. The zero-order valence-corrected chi connectivity index (χ0v) is 11.2. The molecule has 1 atom stereocenters. The Labute approximate surface area is 108 Å². The fraction of sp³-hybridized carbons (Fsp3) is 0.571. The van der Waals surface area contributed by atoms with Crippen LogP contribution in [0.5, 0.6) is 0 Å². The van der Waals surface area contributed by atoms with Gasteiger partial charge < -0.3 is 10.0 Å². The van der Waals surface area contributed by atoms with Gasteiger partial charge in [0.1, 0.15) is 0 Å². The van der Waals surface area contributed by atoms with Gasteiger partial charge in [0.15, 0.2) is 0 Å². The van der Waals surface area contributed by atoms with Crippen molar-refractivity contribution >= 4 is 17.3 Å². The highest BCUT2D eigenvalue weighted by Gasteiger charge is 2.34. The van der Waals surface area contributed by atoms with E-state index >= 15 is 0 Å². The molecule has 0 radical (unpaired) electrons. The summed E-state index contributed by atoms with van der Waals surface area (Å²) in [5, 5.41) is 10.1. The lowest BCUT2D eigenvalue weighted by Gasteiger charge is -2.47. The molecule has 1 N–H and O–H groups in total. The highest BCUT2D eigenvalue weighted by molar-refractivity contribution is 6.30. The molecule has 94 valence electrons. The second-order valence-corrected chi connectivity index (χ2v) is 5.92. The number of hydrogen-bond donors (Lipinski definition) is 1. The third kappa shape index (κ3) is 2.75. The maximum atomic E-state index is 9.28. The molecule has 17 heavy (non-hydrogen) atoms. The topological polar surface area (TPSA) is 23.5 Å². The van der Waals surface area contributed by atoms with Gasteiger partial charge in [-0.3, -0.25) is 0 Å². The second kappa shape index (κ2) is 4.87. The molecule has 0 spiro atoms. The molecule has 2 rings (SSSR count). The summed E-state index contributed by atoms with van der Waals surface area (Å²) in [4.78, 5) is 2.39. The first-order valence-electron chi connectivity index (χ1n) is 6.17. The molecular weight excluding hydrogens is 234 g/mol. The number of benzene rings is 1. The first kappa shape index (κ1) is 12.7. The van der Waals surface area contributed by atoms with Crippen molar-refractivity contribution in [2.24, 2.45) is 5.92 Å². The van der Waals surface area contributed by atoms with E-state index in [4.69, 9.17) is 11.6 Å². The van der Waals surface area contributed by atoms with Crippen molar-refractivity contribution in [3.63, 3.8) is 0 Å². The molecule has 0 bridgehead atoms. The lowest BCUT2D eigenvalue weighted by Crippen LogP contribution is -2.50. The molecule has 3 heteroatoms. The van der Waals surface area contributed by atoms with Crippen molar-refractivity contribution in [1.29, 1.82) is 0 Å². The van der Waals surface area contributed by atoms with Gasteiger partial charge in [-0.05, 0) is 50.8 Å². The van der Waals surface area contributed by atoms with Crippen molar-refractivity contribution in [3.05, 3.63) is 29.3 Å². The summed E-state index contributed by atoms with van der Waals surface area (Å²) in [7, 11) is 0. The van der Waals surface area contributed by atoms with Crippen LogP contribution in [0.1, 0.15) is 26.7 Å². The molecule has 0 saturated carbocycles. The van der Waals surface area contributed by atoms with Crippen molar-refractivity contribution in [3.8, 4) is 0 Å². The predicted molar refractivity (Wildman–Crippen MR) is 72.7 cm³/mol. The van der Waals surface area contributed by atoms with Gasteiger partial charge in [-0.1, -0.05) is 17.7 Å². The Morgan fingerprint density at radius 2 is 2.24 bits per heavy atom. The molecular formula is C14H20ClNO. The maximum absolute atomic E-state index is 9.28. The molecule has 0 amide bonds. The summed E-state index contributed by atoms with van der Waals surface area (Å²) in [5.41, 5.74) is 1.26. The molecule has 1 aliphatic heterocycles. The smallest absolute Gasteiger partial charge is 0.0460 e. The van der Waals surface area contributed by atoms with Crippen LogP contribution in [0, 0.1) is 5.92 Å². The summed E-state index contributed by atoms with van der Waals surface area (Å²) >= 11 is 6.05. The highest BCUT2D eigenvalue weighted by Crippen LogP contribution is 2.35. The Morgan fingerprint density at radius 3 is 2.82 bits per heavy atom. The average molecular weight is 254 g/mol. The highest BCUT2D eigenvalue weighted by atomic mass is 35.5. The van der Waals surface area contributed by atoms with Crippen LogP contribution >= 0.6 is 11.6 Å². The molecule has 0 aliphatic carbocycles. The molecule has 1 heterocycles. The van der Waals surface area contributed by atoms with Crippen LogP contribution in [-0.4, -0.2) is 23.8 Å². The van der Waals surface area contributed by atoms with E-state index in [1.54, 1.807) is 0 Å². The number of piperidine rings is 1. The molecule has 0 aromatic heterocycles. The van der Waals surface area contributed by atoms with E-state index in [1.165, 1.54) is 5.69 Å². The standard InChI is InChI=1S/C14H20ClNO/c1-14(2)9-11(10-17)6-7-16(14)13-5-3-4-12(15)8-13/h3-5,8,11,17H,6-7,9-10H2,1-2H3. The summed E-state index contributed by atoms with van der Waals surface area (Å²) < 4.78 is 0. The minimum Gasteiger partial charge on any atom is -0.396 e. The molecule has 1 aromatic rings. The minimum atomic E-state index is 0.0797. The Bertz CT molecular complexity index is 392. The van der Waals surface area contributed by atoms with E-state index in [0.717, 1.165) is 24.4 Å². The van der Waals surface area contributed by atoms with E-state index in [2.05, 4.69) is 24.8 Å². The van der Waals surface area contributed by atoms with Gasteiger partial charge in [-0.2, -0.15) is 0 Å². The van der Waals surface area contributed by atoms with E-state index < -0.39 is 0 Å². The fourth-order valence-corrected chi connectivity index (χ4v) is 3.00. The maximum Gasteiger partial charge on any atom is 0.0460 e. The Kier molecular flexibility index (Phi) is 3.64. The number of aliphatic hydroxyl groups excluding tert-OH is 1. The van der Waals surface area contributed by atoms with Gasteiger partial charge in [-0.25, -0.2) is 0 Å². The molecule has 1 fully saturated rings. The van der Waals surface area contributed by atoms with Crippen LogP contribution in [0.15, 0.2) is 24.3 Å². The Balaban J connectivity index is 2.22. The largest absolute Gasteiger partial charge is 0.396 e. The Hall–Kier alpha value is -0.730. The Morgan fingerprint density at radius 1 is 1.47 bits per heavy atom. The fourth-order valence-electron chi connectivity index (χ4n) is 2.81. The third-order valence-corrected chi connectivity index (χ3v) is 3.89. The van der Waals surface area contributed by atoms with Crippen LogP contribution in [-0.2, 0) is 0 Å². The van der Waals surface area contributed by atoms with E-state index in [9.17, 15) is 5.11 Å². The number of rotatable bonds is 2. The van der Waals surface area contributed by atoms with Crippen molar-refractivity contribution < 1.29 is 5.11 Å². The van der Waals surface area contributed by atoms with E-state index in [-0.39, 0.29) is 5.54 Å². The van der Waals surface area contributed by atoms with Crippen LogP contribution in [0.3, 0.4) is 0 Å². The van der Waals surface area contributed by atoms with Crippen LogP contribution in [0.2, 0.25) is 5.02 Å². The van der Waals surface area contributed by atoms with Crippen LogP contribution < -0.4 is 4.90 Å². The lowest BCUT2D eigenvalue weighted by atomic mass is 9.82. The third-order valence-electron chi connectivity index (χ3n) is 3.66. The number of hydrogen-bond acceptors (Lipinski definition) is 2. The van der Waals surface area contributed by atoms with Crippen molar-refractivity contribution in [1.82, 2.24) is 0 Å². The normalized spacial score (nSPS) is 23.8. The van der Waals surface area contributed by atoms with Crippen molar-refractivity contribution in [2.75, 3.05) is 18.1 Å². The summed E-state index contributed by atoms with van der Waals surface area (Å²) in [6.07, 6.45) is 2.07. The number of anilines is 1. The van der Waals surface area contributed by atoms with E-state index in [0.29, 0.717) is 12.5 Å². The first-order chi connectivity index (χ1) is 8.03. The average Bonchev–Trinajstić information content (AvgIpc) is 2.27. The lowest BCUT2D eigenvalue weighted by molar-refractivity contribution is 0.166. The summed E-state index contributed by atoms with van der Waals surface area (Å²) in [6.45, 7) is 5.75. The molecule has 2 nitrogen and oxygen atoms in total. The zero-order valence-electron chi connectivity index (χ0n) is 10.5. The minimum absolute atomic E-state index is 0.0797. The van der Waals surface area contributed by atoms with Crippen molar-refractivity contribution in [2.45, 2.75) is 32.2 Å². The SMILES string of the molecule is CC1(C)CC(CO)CCN1c1cccc(Cl)c1. The van der Waals surface area contributed by atoms with Gasteiger partial charge in [0.2, 0.25) is 0 Å². The summed E-state index contributed by atoms with van der Waals surface area (Å²) in [5.74, 6) is 0.431. The van der Waals surface area contributed by atoms with E-state index in [1.807, 2.05) is 18.2 Å². The van der Waals surface area contributed by atoms with Gasteiger partial charge in [-0.15, -0.1) is 0 Å².